The summed E-state index contributed by atoms with van der Waals surface area (Å²) < 4.78 is 5.39. The zero-order valence-electron chi connectivity index (χ0n) is 12.2. The van der Waals surface area contributed by atoms with E-state index in [1.807, 2.05) is 37.3 Å². The summed E-state index contributed by atoms with van der Waals surface area (Å²) in [6.07, 6.45) is 1.80. The second-order valence-electron chi connectivity index (χ2n) is 5.12. The maximum atomic E-state index is 6.47. The summed E-state index contributed by atoms with van der Waals surface area (Å²) in [4.78, 5) is 4.39. The van der Waals surface area contributed by atoms with Crippen LogP contribution in [0.3, 0.4) is 0 Å². The third kappa shape index (κ3) is 2.48. The minimum atomic E-state index is -0.201. The predicted molar refractivity (Wildman–Crippen MR) is 85.5 cm³/mol. The molecule has 0 bridgehead atoms. The van der Waals surface area contributed by atoms with Crippen LogP contribution in [0, 0.1) is 6.92 Å². The van der Waals surface area contributed by atoms with Gasteiger partial charge in [-0.3, -0.25) is 4.98 Å². The molecular formula is C18H18N2O. The molecule has 0 spiro atoms. The Bertz CT molecular complexity index is 778. The molecule has 106 valence electrons. The molecule has 2 N–H and O–H groups in total. The fourth-order valence-corrected chi connectivity index (χ4v) is 2.61. The molecule has 1 heterocycles. The van der Waals surface area contributed by atoms with Crippen LogP contribution < -0.4 is 10.5 Å². The summed E-state index contributed by atoms with van der Waals surface area (Å²) in [6.45, 7) is 2.02. The molecule has 1 aromatic heterocycles. The van der Waals surface area contributed by atoms with Gasteiger partial charge in [0.05, 0.1) is 18.7 Å². The van der Waals surface area contributed by atoms with Crippen LogP contribution in [0.5, 0.6) is 5.75 Å². The van der Waals surface area contributed by atoms with Crippen molar-refractivity contribution < 1.29 is 4.74 Å². The third-order valence-electron chi connectivity index (χ3n) is 3.81. The molecule has 0 fully saturated rings. The lowest BCUT2D eigenvalue weighted by molar-refractivity contribution is 0.411. The third-order valence-corrected chi connectivity index (χ3v) is 3.81. The molecule has 3 nitrogen and oxygen atoms in total. The molecule has 0 aliphatic rings. The van der Waals surface area contributed by atoms with E-state index in [-0.39, 0.29) is 6.04 Å². The highest BCUT2D eigenvalue weighted by atomic mass is 16.5. The van der Waals surface area contributed by atoms with E-state index < -0.39 is 0 Å². The topological polar surface area (TPSA) is 48.1 Å². The Morgan fingerprint density at radius 2 is 1.95 bits per heavy atom. The van der Waals surface area contributed by atoms with Gasteiger partial charge < -0.3 is 10.5 Å². The quantitative estimate of drug-likeness (QED) is 0.796. The fraction of sp³-hybridized carbons (Fsp3) is 0.167. The normalized spacial score (nSPS) is 12.3. The van der Waals surface area contributed by atoms with Gasteiger partial charge in [0.25, 0.3) is 0 Å². The molecule has 0 saturated heterocycles. The van der Waals surface area contributed by atoms with Gasteiger partial charge in [0.15, 0.2) is 0 Å². The average Bonchev–Trinajstić information content (AvgIpc) is 2.54. The van der Waals surface area contributed by atoms with Gasteiger partial charge in [0.1, 0.15) is 5.75 Å². The molecule has 0 saturated carbocycles. The number of pyridine rings is 1. The number of rotatable bonds is 3. The number of hydrogen-bond acceptors (Lipinski definition) is 3. The van der Waals surface area contributed by atoms with E-state index in [9.17, 15) is 0 Å². The fourth-order valence-electron chi connectivity index (χ4n) is 2.61. The molecule has 1 unspecified atom stereocenters. The standard InChI is InChI=1S/C18H18N2O/c1-12-8-9-13(11-17(12)21-2)18(19)15-5-3-7-16-14(15)6-4-10-20-16/h3-11,18H,19H2,1-2H3. The molecule has 0 aliphatic heterocycles. The lowest BCUT2D eigenvalue weighted by Crippen LogP contribution is -2.12. The van der Waals surface area contributed by atoms with Crippen LogP contribution in [-0.4, -0.2) is 12.1 Å². The van der Waals surface area contributed by atoms with Gasteiger partial charge in [-0.1, -0.05) is 30.3 Å². The molecular weight excluding hydrogens is 260 g/mol. The first-order chi connectivity index (χ1) is 10.2. The Balaban J connectivity index is 2.10. The van der Waals surface area contributed by atoms with E-state index in [1.165, 1.54) is 0 Å². The minimum Gasteiger partial charge on any atom is -0.496 e. The van der Waals surface area contributed by atoms with Crippen molar-refractivity contribution in [1.29, 1.82) is 0 Å². The van der Waals surface area contributed by atoms with Crippen LogP contribution >= 0.6 is 0 Å². The van der Waals surface area contributed by atoms with Gasteiger partial charge >= 0.3 is 0 Å². The molecule has 21 heavy (non-hydrogen) atoms. The Hall–Kier alpha value is -2.39. The Morgan fingerprint density at radius 3 is 2.76 bits per heavy atom. The van der Waals surface area contributed by atoms with E-state index in [0.717, 1.165) is 33.3 Å². The van der Waals surface area contributed by atoms with Crippen LogP contribution in [0.2, 0.25) is 0 Å². The van der Waals surface area contributed by atoms with Crippen LogP contribution in [-0.2, 0) is 0 Å². The highest BCUT2D eigenvalue weighted by molar-refractivity contribution is 5.82. The molecule has 3 aromatic rings. The maximum absolute atomic E-state index is 6.47. The summed E-state index contributed by atoms with van der Waals surface area (Å²) in [6, 6.07) is 16.0. The molecule has 0 aliphatic carbocycles. The monoisotopic (exact) mass is 278 g/mol. The summed E-state index contributed by atoms with van der Waals surface area (Å²) in [5.74, 6) is 0.862. The SMILES string of the molecule is COc1cc(C(N)c2cccc3ncccc23)ccc1C. The van der Waals surface area contributed by atoms with Gasteiger partial charge in [-0.25, -0.2) is 0 Å². The van der Waals surface area contributed by atoms with Crippen LogP contribution in [0.1, 0.15) is 22.7 Å². The Kier molecular flexibility index (Phi) is 3.59. The molecule has 1 atom stereocenters. The van der Waals surface area contributed by atoms with E-state index in [1.54, 1.807) is 13.3 Å². The predicted octanol–water partition coefficient (Wildman–Crippen LogP) is 3.60. The van der Waals surface area contributed by atoms with Gasteiger partial charge in [-0.2, -0.15) is 0 Å². The van der Waals surface area contributed by atoms with Crippen molar-refractivity contribution in [3.05, 3.63) is 71.4 Å². The van der Waals surface area contributed by atoms with Crippen LogP contribution in [0.4, 0.5) is 0 Å². The van der Waals surface area contributed by atoms with Gasteiger partial charge in [-0.05, 0) is 41.8 Å². The minimum absolute atomic E-state index is 0.201. The van der Waals surface area contributed by atoms with Crippen molar-refractivity contribution >= 4 is 10.9 Å². The van der Waals surface area contributed by atoms with Gasteiger partial charge in [-0.15, -0.1) is 0 Å². The highest BCUT2D eigenvalue weighted by Gasteiger charge is 2.13. The van der Waals surface area contributed by atoms with Crippen molar-refractivity contribution in [2.24, 2.45) is 5.73 Å². The van der Waals surface area contributed by atoms with E-state index >= 15 is 0 Å². The lowest BCUT2D eigenvalue weighted by atomic mass is 9.95. The largest absolute Gasteiger partial charge is 0.496 e. The molecule has 3 heteroatoms. The summed E-state index contributed by atoms with van der Waals surface area (Å²) >= 11 is 0. The molecule has 3 rings (SSSR count). The number of benzene rings is 2. The summed E-state index contributed by atoms with van der Waals surface area (Å²) in [5, 5.41) is 1.09. The van der Waals surface area contributed by atoms with Crippen LogP contribution in [0.15, 0.2) is 54.7 Å². The van der Waals surface area contributed by atoms with E-state index in [2.05, 4.69) is 23.2 Å². The number of methoxy groups -OCH3 is 1. The number of aryl methyl sites for hydroxylation is 1. The second kappa shape index (κ2) is 5.54. The van der Waals surface area contributed by atoms with Crippen molar-refractivity contribution in [2.45, 2.75) is 13.0 Å². The van der Waals surface area contributed by atoms with Gasteiger partial charge in [0, 0.05) is 11.6 Å². The molecule has 0 amide bonds. The average molecular weight is 278 g/mol. The van der Waals surface area contributed by atoms with Crippen molar-refractivity contribution in [2.75, 3.05) is 7.11 Å². The number of ether oxygens (including phenoxy) is 1. The van der Waals surface area contributed by atoms with Crippen molar-refractivity contribution in [1.82, 2.24) is 4.98 Å². The van der Waals surface area contributed by atoms with Crippen molar-refractivity contribution in [3.8, 4) is 5.75 Å². The van der Waals surface area contributed by atoms with E-state index in [0.29, 0.717) is 0 Å². The number of aromatic nitrogens is 1. The number of fused-ring (bicyclic) bond motifs is 1. The smallest absolute Gasteiger partial charge is 0.122 e. The Labute approximate surface area is 124 Å². The second-order valence-corrected chi connectivity index (χ2v) is 5.12. The number of nitrogens with two attached hydrogens (primary N) is 1. The van der Waals surface area contributed by atoms with Crippen molar-refractivity contribution in [3.63, 3.8) is 0 Å². The summed E-state index contributed by atoms with van der Waals surface area (Å²) in [7, 11) is 1.68. The number of hydrogen-bond donors (Lipinski definition) is 1. The highest BCUT2D eigenvalue weighted by Crippen LogP contribution is 2.29. The first-order valence-corrected chi connectivity index (χ1v) is 6.94. The zero-order chi connectivity index (χ0) is 14.8. The zero-order valence-corrected chi connectivity index (χ0v) is 12.2. The molecule has 2 aromatic carbocycles. The van der Waals surface area contributed by atoms with Gasteiger partial charge in [0.2, 0.25) is 0 Å². The summed E-state index contributed by atoms with van der Waals surface area (Å²) in [5.41, 5.74) is 10.7. The maximum Gasteiger partial charge on any atom is 0.122 e. The first-order valence-electron chi connectivity index (χ1n) is 6.94. The van der Waals surface area contributed by atoms with E-state index in [4.69, 9.17) is 10.5 Å². The lowest BCUT2D eigenvalue weighted by Gasteiger charge is -2.16. The Morgan fingerprint density at radius 1 is 1.10 bits per heavy atom. The molecule has 0 radical (unpaired) electrons. The first kappa shape index (κ1) is 13.6. The van der Waals surface area contributed by atoms with Crippen LogP contribution in [0.25, 0.3) is 10.9 Å². The number of nitrogens with zero attached hydrogens (tertiary/aromatic N) is 1.